The molecule has 4 rings (SSSR count). The summed E-state index contributed by atoms with van der Waals surface area (Å²) in [4.78, 5) is 4.25. The second kappa shape index (κ2) is 5.28. The average Bonchev–Trinajstić information content (AvgIpc) is 2.76. The van der Waals surface area contributed by atoms with E-state index in [1.807, 2.05) is 6.92 Å². The van der Waals surface area contributed by atoms with Gasteiger partial charge >= 0.3 is 0 Å². The van der Waals surface area contributed by atoms with E-state index in [1.165, 1.54) is 16.7 Å². The van der Waals surface area contributed by atoms with Crippen molar-refractivity contribution in [3.05, 3.63) is 52.0 Å². The van der Waals surface area contributed by atoms with Crippen molar-refractivity contribution in [3.8, 4) is 17.1 Å². The Bertz CT molecular complexity index is 855. The molecule has 3 aromatic rings. The third-order valence-corrected chi connectivity index (χ3v) is 4.43. The van der Waals surface area contributed by atoms with E-state index in [4.69, 9.17) is 0 Å². The van der Waals surface area contributed by atoms with Crippen molar-refractivity contribution in [2.24, 2.45) is 0 Å². The van der Waals surface area contributed by atoms with E-state index in [9.17, 15) is 0 Å². The van der Waals surface area contributed by atoms with E-state index < -0.39 is 0 Å². The van der Waals surface area contributed by atoms with Gasteiger partial charge in [-0.25, -0.2) is 4.98 Å². The van der Waals surface area contributed by atoms with Gasteiger partial charge in [-0.3, -0.25) is 0 Å². The minimum absolute atomic E-state index is 0.647. The second-order valence-corrected chi connectivity index (χ2v) is 6.14. The predicted octanol–water partition coefficient (Wildman–Crippen LogP) is 3.28. The Morgan fingerprint density at radius 1 is 1.09 bits per heavy atom. The molecule has 1 aromatic carbocycles. The Hall–Kier alpha value is -2.08. The molecular weight excluding hydrogens is 342 g/mol. The molecule has 0 bridgehead atoms. The van der Waals surface area contributed by atoms with Crippen LogP contribution in [-0.4, -0.2) is 25.0 Å². The van der Waals surface area contributed by atoms with Gasteiger partial charge in [0, 0.05) is 5.56 Å². The molecule has 0 atom stereocenters. The Balaban J connectivity index is 1.86. The van der Waals surface area contributed by atoms with Crippen LogP contribution in [0.15, 0.2) is 35.1 Å². The summed E-state index contributed by atoms with van der Waals surface area (Å²) in [5.41, 5.74) is 4.75. The molecule has 0 saturated heterocycles. The number of aryl methyl sites for hydroxylation is 3. The standard InChI is InChI=1S/C16H14BrN5/c1-10-18-16(17)22(21-10)14-9-12-7-4-6-11-5-2-3-8-13(11)15(12)20-19-14/h2-3,5,8-9H,4,6-7H2,1H3. The molecule has 0 radical (unpaired) electrons. The van der Waals surface area contributed by atoms with Crippen molar-refractivity contribution in [2.75, 3.05) is 0 Å². The molecule has 2 aromatic heterocycles. The average molecular weight is 356 g/mol. The van der Waals surface area contributed by atoms with Crippen LogP contribution in [0.4, 0.5) is 0 Å². The number of aromatic nitrogens is 5. The smallest absolute Gasteiger partial charge is 0.201 e. The quantitative estimate of drug-likeness (QED) is 0.672. The lowest BCUT2D eigenvalue weighted by Crippen LogP contribution is -2.05. The van der Waals surface area contributed by atoms with E-state index in [1.54, 1.807) is 4.68 Å². The molecule has 2 heterocycles. The van der Waals surface area contributed by atoms with E-state index in [2.05, 4.69) is 66.5 Å². The molecule has 1 aliphatic rings. The predicted molar refractivity (Wildman–Crippen MR) is 86.8 cm³/mol. The van der Waals surface area contributed by atoms with Crippen LogP contribution in [0.1, 0.15) is 23.4 Å². The summed E-state index contributed by atoms with van der Waals surface area (Å²) in [6, 6.07) is 10.5. The number of hydrogen-bond acceptors (Lipinski definition) is 4. The van der Waals surface area contributed by atoms with Gasteiger partial charge in [0.2, 0.25) is 4.73 Å². The van der Waals surface area contributed by atoms with Crippen LogP contribution in [-0.2, 0) is 12.8 Å². The van der Waals surface area contributed by atoms with Gasteiger partial charge < -0.3 is 0 Å². The number of nitrogens with zero attached hydrogens (tertiary/aromatic N) is 5. The molecular formula is C16H14BrN5. The molecule has 22 heavy (non-hydrogen) atoms. The summed E-state index contributed by atoms with van der Waals surface area (Å²) >= 11 is 3.41. The molecule has 0 fully saturated rings. The summed E-state index contributed by atoms with van der Waals surface area (Å²) in [5.74, 6) is 1.40. The van der Waals surface area contributed by atoms with Crippen LogP contribution in [0.25, 0.3) is 17.1 Å². The van der Waals surface area contributed by atoms with Gasteiger partial charge in [-0.1, -0.05) is 24.3 Å². The maximum Gasteiger partial charge on any atom is 0.201 e. The fourth-order valence-corrected chi connectivity index (χ4v) is 3.43. The fraction of sp³-hybridized carbons (Fsp3) is 0.250. The van der Waals surface area contributed by atoms with Crippen molar-refractivity contribution >= 4 is 15.9 Å². The topological polar surface area (TPSA) is 56.5 Å². The summed E-state index contributed by atoms with van der Waals surface area (Å²) in [6.07, 6.45) is 3.19. The van der Waals surface area contributed by atoms with Crippen LogP contribution in [0.5, 0.6) is 0 Å². The Morgan fingerprint density at radius 2 is 1.91 bits per heavy atom. The minimum Gasteiger partial charge on any atom is -0.205 e. The molecule has 110 valence electrons. The monoisotopic (exact) mass is 355 g/mol. The second-order valence-electron chi connectivity index (χ2n) is 5.43. The molecule has 6 heteroatoms. The summed E-state index contributed by atoms with van der Waals surface area (Å²) < 4.78 is 2.33. The number of hydrogen-bond donors (Lipinski definition) is 0. The first-order valence-corrected chi connectivity index (χ1v) is 8.06. The first-order valence-electron chi connectivity index (χ1n) is 7.27. The highest BCUT2D eigenvalue weighted by atomic mass is 79.9. The molecule has 0 unspecified atom stereocenters. The van der Waals surface area contributed by atoms with Crippen molar-refractivity contribution in [2.45, 2.75) is 26.2 Å². The number of halogens is 1. The minimum atomic E-state index is 0.647. The van der Waals surface area contributed by atoms with Crippen molar-refractivity contribution < 1.29 is 0 Å². The fourth-order valence-electron chi connectivity index (χ4n) is 2.91. The van der Waals surface area contributed by atoms with Crippen LogP contribution in [0, 0.1) is 6.92 Å². The van der Waals surface area contributed by atoms with Crippen LogP contribution >= 0.6 is 15.9 Å². The molecule has 0 spiro atoms. The van der Waals surface area contributed by atoms with Gasteiger partial charge in [0.15, 0.2) is 5.82 Å². The van der Waals surface area contributed by atoms with Crippen LogP contribution < -0.4 is 0 Å². The molecule has 0 N–H and O–H groups in total. The molecule has 1 aliphatic carbocycles. The Morgan fingerprint density at radius 3 is 2.73 bits per heavy atom. The van der Waals surface area contributed by atoms with E-state index in [0.717, 1.165) is 25.0 Å². The third-order valence-electron chi connectivity index (χ3n) is 3.92. The van der Waals surface area contributed by atoms with Crippen molar-refractivity contribution in [1.82, 2.24) is 25.0 Å². The third kappa shape index (κ3) is 2.23. The summed E-state index contributed by atoms with van der Waals surface area (Å²) in [6.45, 7) is 1.86. The lowest BCUT2D eigenvalue weighted by atomic mass is 10.0. The van der Waals surface area contributed by atoms with Gasteiger partial charge in [0.25, 0.3) is 0 Å². The first kappa shape index (κ1) is 13.6. The largest absolute Gasteiger partial charge is 0.205 e. The summed E-state index contributed by atoms with van der Waals surface area (Å²) in [7, 11) is 0. The SMILES string of the molecule is Cc1nc(Br)n(-c2cc3c(nn2)-c2ccccc2CCC3)n1. The molecule has 5 nitrogen and oxygen atoms in total. The lowest BCUT2D eigenvalue weighted by molar-refractivity contribution is 0.777. The molecule has 0 amide bonds. The first-order chi connectivity index (χ1) is 10.7. The van der Waals surface area contributed by atoms with Gasteiger partial charge in [0.05, 0.1) is 5.69 Å². The van der Waals surface area contributed by atoms with Gasteiger partial charge in [0.1, 0.15) is 5.82 Å². The maximum atomic E-state index is 4.49. The van der Waals surface area contributed by atoms with Gasteiger partial charge in [-0.2, -0.15) is 4.68 Å². The number of rotatable bonds is 1. The maximum absolute atomic E-state index is 4.49. The Kier molecular flexibility index (Phi) is 3.26. The van der Waals surface area contributed by atoms with Crippen molar-refractivity contribution in [3.63, 3.8) is 0 Å². The van der Waals surface area contributed by atoms with Crippen LogP contribution in [0.3, 0.4) is 0 Å². The normalized spacial score (nSPS) is 13.4. The lowest BCUT2D eigenvalue weighted by Gasteiger charge is -2.09. The highest BCUT2D eigenvalue weighted by Crippen LogP contribution is 2.31. The zero-order valence-electron chi connectivity index (χ0n) is 12.1. The van der Waals surface area contributed by atoms with E-state index in [-0.39, 0.29) is 0 Å². The van der Waals surface area contributed by atoms with Gasteiger partial charge in [-0.05, 0) is 59.3 Å². The molecule has 0 aliphatic heterocycles. The highest BCUT2D eigenvalue weighted by molar-refractivity contribution is 9.10. The Labute approximate surface area is 136 Å². The zero-order chi connectivity index (χ0) is 15.1. The van der Waals surface area contributed by atoms with E-state index >= 15 is 0 Å². The summed E-state index contributed by atoms with van der Waals surface area (Å²) in [5, 5.41) is 13.2. The number of fused-ring (bicyclic) bond motifs is 3. The highest BCUT2D eigenvalue weighted by Gasteiger charge is 2.18. The van der Waals surface area contributed by atoms with Crippen LogP contribution in [0.2, 0.25) is 0 Å². The number of benzene rings is 1. The van der Waals surface area contributed by atoms with E-state index in [0.29, 0.717) is 16.4 Å². The van der Waals surface area contributed by atoms with Crippen molar-refractivity contribution in [1.29, 1.82) is 0 Å². The van der Waals surface area contributed by atoms with Gasteiger partial charge in [-0.15, -0.1) is 15.3 Å². The zero-order valence-corrected chi connectivity index (χ0v) is 13.7. The molecule has 0 saturated carbocycles.